The van der Waals surface area contributed by atoms with Crippen molar-refractivity contribution in [3.8, 4) is 11.3 Å². The summed E-state index contributed by atoms with van der Waals surface area (Å²) in [7, 11) is 4.14. The summed E-state index contributed by atoms with van der Waals surface area (Å²) in [5, 5.41) is 4.45. The maximum Gasteiger partial charge on any atom is 0.0922 e. The summed E-state index contributed by atoms with van der Waals surface area (Å²) in [5.74, 6) is 0.515. The Hall–Kier alpha value is -1.75. The molecular formula is C16H23N5. The van der Waals surface area contributed by atoms with Gasteiger partial charge < -0.3 is 4.90 Å². The van der Waals surface area contributed by atoms with Crippen LogP contribution in [0.4, 0.5) is 0 Å². The molecule has 3 heterocycles. The van der Waals surface area contributed by atoms with Crippen LogP contribution >= 0.6 is 0 Å². The molecule has 112 valence electrons. The minimum Gasteiger partial charge on any atom is -0.306 e. The fraction of sp³-hybridized carbons (Fsp3) is 0.562. The molecule has 0 spiro atoms. The van der Waals surface area contributed by atoms with Crippen LogP contribution in [0, 0.1) is 13.8 Å². The predicted octanol–water partition coefficient (Wildman–Crippen LogP) is 2.30. The van der Waals surface area contributed by atoms with Crippen molar-refractivity contribution in [1.82, 2.24) is 24.6 Å². The monoisotopic (exact) mass is 285 g/mol. The van der Waals surface area contributed by atoms with E-state index in [9.17, 15) is 0 Å². The Bertz CT molecular complexity index is 629. The fourth-order valence-corrected chi connectivity index (χ4v) is 3.23. The quantitative estimate of drug-likeness (QED) is 0.849. The van der Waals surface area contributed by atoms with E-state index in [1.54, 1.807) is 0 Å². The van der Waals surface area contributed by atoms with Gasteiger partial charge in [0.05, 0.1) is 23.3 Å². The van der Waals surface area contributed by atoms with Crippen LogP contribution in [0.2, 0.25) is 0 Å². The lowest BCUT2D eigenvalue weighted by atomic mass is 9.95. The minimum atomic E-state index is 0.515. The van der Waals surface area contributed by atoms with Crippen LogP contribution in [0.3, 0.4) is 0 Å². The second-order valence-corrected chi connectivity index (χ2v) is 6.10. The van der Waals surface area contributed by atoms with Crippen molar-refractivity contribution in [2.45, 2.75) is 32.6 Å². The highest BCUT2D eigenvalue weighted by molar-refractivity contribution is 5.63. The number of hydrogen-bond acceptors (Lipinski definition) is 4. The van der Waals surface area contributed by atoms with Gasteiger partial charge in [-0.3, -0.25) is 14.6 Å². The van der Waals surface area contributed by atoms with Gasteiger partial charge in [-0.05, 0) is 40.3 Å². The molecule has 5 heteroatoms. The lowest BCUT2D eigenvalue weighted by molar-refractivity contribution is 0.248. The van der Waals surface area contributed by atoms with Crippen LogP contribution in [-0.4, -0.2) is 44.8 Å². The molecule has 5 nitrogen and oxygen atoms in total. The molecule has 3 rings (SSSR count). The summed E-state index contributed by atoms with van der Waals surface area (Å²) in [6, 6.07) is 0. The molecule has 0 aliphatic carbocycles. The lowest BCUT2D eigenvalue weighted by Crippen LogP contribution is -2.31. The average molecular weight is 285 g/mol. The summed E-state index contributed by atoms with van der Waals surface area (Å²) in [5.41, 5.74) is 5.29. The van der Waals surface area contributed by atoms with Crippen molar-refractivity contribution in [3.05, 3.63) is 29.5 Å². The second-order valence-electron chi connectivity index (χ2n) is 6.10. The molecule has 2 aromatic rings. The number of rotatable bonds is 2. The maximum absolute atomic E-state index is 4.68. The molecule has 0 N–H and O–H groups in total. The standard InChI is InChI=1S/C16H23N5/c1-11-16(12(2)21(4)19-11)15-9-17-14(8-18-15)13-6-5-7-20(3)10-13/h8-9,13H,5-7,10H2,1-4H3. The highest BCUT2D eigenvalue weighted by atomic mass is 15.3. The lowest BCUT2D eigenvalue weighted by Gasteiger charge is -2.29. The first-order chi connectivity index (χ1) is 10.1. The summed E-state index contributed by atoms with van der Waals surface area (Å²) in [4.78, 5) is 11.7. The molecule has 1 fully saturated rings. The van der Waals surface area contributed by atoms with Gasteiger partial charge in [0.25, 0.3) is 0 Å². The number of hydrogen-bond donors (Lipinski definition) is 0. The van der Waals surface area contributed by atoms with Gasteiger partial charge in [0.15, 0.2) is 0 Å². The van der Waals surface area contributed by atoms with Gasteiger partial charge in [0, 0.05) is 37.0 Å². The smallest absolute Gasteiger partial charge is 0.0922 e. The molecule has 1 unspecified atom stereocenters. The zero-order chi connectivity index (χ0) is 15.0. The third-order valence-electron chi connectivity index (χ3n) is 4.48. The SMILES string of the molecule is Cc1nn(C)c(C)c1-c1cnc(C2CCCN(C)C2)cn1. The summed E-state index contributed by atoms with van der Waals surface area (Å²) >= 11 is 0. The fourth-order valence-electron chi connectivity index (χ4n) is 3.23. The normalized spacial score (nSPS) is 19.9. The maximum atomic E-state index is 4.68. The molecule has 0 bridgehead atoms. The molecule has 1 atom stereocenters. The number of piperidine rings is 1. The Labute approximate surface area is 126 Å². The van der Waals surface area contributed by atoms with Gasteiger partial charge in [0.1, 0.15) is 0 Å². The third kappa shape index (κ3) is 2.70. The van der Waals surface area contributed by atoms with E-state index in [1.807, 2.05) is 31.0 Å². The molecule has 0 amide bonds. The third-order valence-corrected chi connectivity index (χ3v) is 4.48. The number of aromatic nitrogens is 4. The molecule has 1 saturated heterocycles. The largest absolute Gasteiger partial charge is 0.306 e. The van der Waals surface area contributed by atoms with Gasteiger partial charge in [-0.2, -0.15) is 5.10 Å². The van der Waals surface area contributed by atoms with Crippen LogP contribution in [0.25, 0.3) is 11.3 Å². The first-order valence-corrected chi connectivity index (χ1v) is 7.57. The first-order valence-electron chi connectivity index (χ1n) is 7.57. The van der Waals surface area contributed by atoms with Crippen molar-refractivity contribution in [1.29, 1.82) is 0 Å². The zero-order valence-corrected chi connectivity index (χ0v) is 13.3. The van der Waals surface area contributed by atoms with Crippen molar-refractivity contribution in [2.75, 3.05) is 20.1 Å². The van der Waals surface area contributed by atoms with E-state index in [0.29, 0.717) is 5.92 Å². The zero-order valence-electron chi connectivity index (χ0n) is 13.3. The average Bonchev–Trinajstić information content (AvgIpc) is 2.72. The van der Waals surface area contributed by atoms with Crippen LogP contribution in [0.5, 0.6) is 0 Å². The van der Waals surface area contributed by atoms with E-state index < -0.39 is 0 Å². The van der Waals surface area contributed by atoms with Gasteiger partial charge in [-0.1, -0.05) is 0 Å². The Balaban J connectivity index is 1.87. The van der Waals surface area contributed by atoms with Crippen molar-refractivity contribution in [2.24, 2.45) is 7.05 Å². The van der Waals surface area contributed by atoms with Crippen molar-refractivity contribution in [3.63, 3.8) is 0 Å². The van der Waals surface area contributed by atoms with Gasteiger partial charge in [-0.25, -0.2) is 0 Å². The summed E-state index contributed by atoms with van der Waals surface area (Å²) in [6.45, 7) is 6.37. The van der Waals surface area contributed by atoms with E-state index >= 15 is 0 Å². The molecule has 1 aliphatic rings. The van der Waals surface area contributed by atoms with Gasteiger partial charge in [-0.15, -0.1) is 0 Å². The van der Waals surface area contributed by atoms with E-state index in [0.717, 1.165) is 34.9 Å². The Kier molecular flexibility index (Phi) is 3.76. The van der Waals surface area contributed by atoms with Crippen LogP contribution in [-0.2, 0) is 7.05 Å². The predicted molar refractivity (Wildman–Crippen MR) is 83.2 cm³/mol. The summed E-state index contributed by atoms with van der Waals surface area (Å²) in [6.07, 6.45) is 6.31. The first kappa shape index (κ1) is 14.2. The van der Waals surface area contributed by atoms with Crippen LogP contribution in [0.15, 0.2) is 12.4 Å². The molecular weight excluding hydrogens is 262 g/mol. The van der Waals surface area contributed by atoms with Gasteiger partial charge in [0.2, 0.25) is 0 Å². The second kappa shape index (κ2) is 5.56. The molecule has 1 aliphatic heterocycles. The number of nitrogens with zero attached hydrogens (tertiary/aromatic N) is 5. The van der Waals surface area contributed by atoms with E-state index in [2.05, 4.69) is 33.9 Å². The number of likely N-dealkylation sites (tertiary alicyclic amines) is 1. The number of likely N-dealkylation sites (N-methyl/N-ethyl adjacent to an activating group) is 1. The molecule has 0 aromatic carbocycles. The molecule has 2 aromatic heterocycles. The molecule has 0 saturated carbocycles. The Morgan fingerprint density at radius 3 is 2.52 bits per heavy atom. The van der Waals surface area contributed by atoms with Crippen molar-refractivity contribution < 1.29 is 0 Å². The highest BCUT2D eigenvalue weighted by Gasteiger charge is 2.21. The van der Waals surface area contributed by atoms with Crippen molar-refractivity contribution >= 4 is 0 Å². The van der Waals surface area contributed by atoms with Crippen LogP contribution < -0.4 is 0 Å². The highest BCUT2D eigenvalue weighted by Crippen LogP contribution is 2.27. The summed E-state index contributed by atoms with van der Waals surface area (Å²) < 4.78 is 1.90. The van der Waals surface area contributed by atoms with Crippen LogP contribution in [0.1, 0.15) is 35.8 Å². The van der Waals surface area contributed by atoms with E-state index in [-0.39, 0.29) is 0 Å². The molecule has 0 radical (unpaired) electrons. The number of aryl methyl sites for hydroxylation is 2. The topological polar surface area (TPSA) is 46.8 Å². The van der Waals surface area contributed by atoms with E-state index in [4.69, 9.17) is 0 Å². The minimum absolute atomic E-state index is 0.515. The Morgan fingerprint density at radius 2 is 1.95 bits per heavy atom. The van der Waals surface area contributed by atoms with E-state index in [1.165, 1.54) is 19.4 Å². The molecule has 21 heavy (non-hydrogen) atoms. The van der Waals surface area contributed by atoms with Gasteiger partial charge >= 0.3 is 0 Å². The Morgan fingerprint density at radius 1 is 1.14 bits per heavy atom.